The van der Waals surface area contributed by atoms with Crippen molar-refractivity contribution in [3.05, 3.63) is 18.1 Å². The summed E-state index contributed by atoms with van der Waals surface area (Å²) in [5.74, 6) is 0.921. The van der Waals surface area contributed by atoms with Crippen molar-refractivity contribution >= 4 is 5.82 Å². The van der Waals surface area contributed by atoms with Crippen LogP contribution in [0, 0.1) is 0 Å². The maximum Gasteiger partial charge on any atom is 0.129 e. The highest BCUT2D eigenvalue weighted by molar-refractivity contribution is 5.37. The summed E-state index contributed by atoms with van der Waals surface area (Å²) in [5.41, 5.74) is 1.01. The first kappa shape index (κ1) is 11.9. The molecule has 0 radical (unpaired) electrons. The first-order valence-corrected chi connectivity index (χ1v) is 6.82. The zero-order valence-electron chi connectivity index (χ0n) is 10.6. The van der Waals surface area contributed by atoms with E-state index < -0.39 is 0 Å². The average Bonchev–Trinajstić information content (AvgIpc) is 2.94. The summed E-state index contributed by atoms with van der Waals surface area (Å²) in [6.07, 6.45) is 6.42. The molecule has 3 heterocycles. The van der Waals surface area contributed by atoms with Gasteiger partial charge in [-0.1, -0.05) is 0 Å². The van der Waals surface area contributed by atoms with Crippen LogP contribution in [-0.2, 0) is 4.74 Å². The molecule has 0 spiro atoms. The van der Waals surface area contributed by atoms with E-state index >= 15 is 0 Å². The Bertz CT molecular complexity index is 386. The quantitative estimate of drug-likeness (QED) is 0.848. The van der Waals surface area contributed by atoms with E-state index in [0.717, 1.165) is 44.0 Å². The lowest BCUT2D eigenvalue weighted by atomic mass is 10.1. The zero-order valence-corrected chi connectivity index (χ0v) is 10.6. The molecule has 0 aliphatic carbocycles. The summed E-state index contributed by atoms with van der Waals surface area (Å²) < 4.78 is 5.65. The number of hydrogen-bond donors (Lipinski definition) is 2. The highest BCUT2D eigenvalue weighted by Gasteiger charge is 2.20. The van der Waals surface area contributed by atoms with Gasteiger partial charge < -0.3 is 15.4 Å². The smallest absolute Gasteiger partial charge is 0.129 e. The minimum atomic E-state index is 0.165. The Morgan fingerprint density at radius 3 is 3.06 bits per heavy atom. The fraction of sp³-hybridized carbons (Fsp3) is 0.692. The Labute approximate surface area is 107 Å². The second-order valence-electron chi connectivity index (χ2n) is 5.02. The number of rotatable bonds is 3. The molecule has 18 heavy (non-hydrogen) atoms. The van der Waals surface area contributed by atoms with Crippen molar-refractivity contribution in [1.29, 1.82) is 0 Å². The van der Waals surface area contributed by atoms with Crippen molar-refractivity contribution in [3.63, 3.8) is 0 Å². The molecule has 5 nitrogen and oxygen atoms in total. The number of nitrogens with zero attached hydrogens (tertiary/aromatic N) is 2. The third kappa shape index (κ3) is 2.79. The number of piperidine rings is 1. The largest absolute Gasteiger partial charge is 0.372 e. The fourth-order valence-electron chi connectivity index (χ4n) is 2.62. The van der Waals surface area contributed by atoms with Crippen LogP contribution < -0.4 is 10.6 Å². The first-order valence-electron chi connectivity index (χ1n) is 6.82. The van der Waals surface area contributed by atoms with Gasteiger partial charge in [0, 0.05) is 25.3 Å². The topological polar surface area (TPSA) is 59.1 Å². The monoisotopic (exact) mass is 248 g/mol. The van der Waals surface area contributed by atoms with Gasteiger partial charge in [0.2, 0.25) is 0 Å². The number of hydrogen-bond acceptors (Lipinski definition) is 5. The van der Waals surface area contributed by atoms with Gasteiger partial charge in [0.1, 0.15) is 12.1 Å². The molecule has 98 valence electrons. The van der Waals surface area contributed by atoms with Gasteiger partial charge >= 0.3 is 0 Å². The normalized spacial score (nSPS) is 28.2. The van der Waals surface area contributed by atoms with E-state index in [2.05, 4.69) is 20.6 Å². The van der Waals surface area contributed by atoms with E-state index in [1.54, 1.807) is 6.33 Å². The van der Waals surface area contributed by atoms with Crippen LogP contribution >= 0.6 is 0 Å². The van der Waals surface area contributed by atoms with Crippen molar-refractivity contribution in [2.24, 2.45) is 0 Å². The van der Waals surface area contributed by atoms with Gasteiger partial charge in [0.25, 0.3) is 0 Å². The molecule has 0 amide bonds. The van der Waals surface area contributed by atoms with E-state index in [-0.39, 0.29) is 6.10 Å². The second-order valence-corrected chi connectivity index (χ2v) is 5.02. The van der Waals surface area contributed by atoms with Crippen molar-refractivity contribution in [2.75, 3.05) is 25.0 Å². The van der Waals surface area contributed by atoms with Crippen LogP contribution in [0.15, 0.2) is 12.4 Å². The lowest BCUT2D eigenvalue weighted by Crippen LogP contribution is -2.38. The Kier molecular flexibility index (Phi) is 3.71. The Hall–Kier alpha value is -1.20. The van der Waals surface area contributed by atoms with E-state index in [1.165, 1.54) is 12.8 Å². The van der Waals surface area contributed by atoms with Gasteiger partial charge in [0.05, 0.1) is 11.8 Å². The molecule has 2 atom stereocenters. The van der Waals surface area contributed by atoms with Crippen LogP contribution in [0.5, 0.6) is 0 Å². The molecule has 2 fully saturated rings. The predicted molar refractivity (Wildman–Crippen MR) is 69.5 cm³/mol. The molecule has 2 aliphatic heterocycles. The van der Waals surface area contributed by atoms with Gasteiger partial charge in [-0.15, -0.1) is 0 Å². The molecule has 0 saturated carbocycles. The minimum Gasteiger partial charge on any atom is -0.372 e. The van der Waals surface area contributed by atoms with Gasteiger partial charge in [0.15, 0.2) is 0 Å². The SMILES string of the molecule is c1nc(NC2CCCNC2)cc(C2CCCO2)n1. The molecule has 2 unspecified atom stereocenters. The second kappa shape index (κ2) is 5.63. The third-order valence-electron chi connectivity index (χ3n) is 3.60. The van der Waals surface area contributed by atoms with Crippen molar-refractivity contribution in [1.82, 2.24) is 15.3 Å². The molecule has 0 aromatic carbocycles. The minimum absolute atomic E-state index is 0.165. The number of anilines is 1. The van der Waals surface area contributed by atoms with E-state index in [0.29, 0.717) is 6.04 Å². The molecular formula is C13H20N4O. The average molecular weight is 248 g/mol. The highest BCUT2D eigenvalue weighted by Crippen LogP contribution is 2.27. The van der Waals surface area contributed by atoms with Crippen LogP contribution in [-0.4, -0.2) is 35.7 Å². The number of ether oxygens (including phenoxy) is 1. The van der Waals surface area contributed by atoms with Crippen LogP contribution in [0.1, 0.15) is 37.5 Å². The van der Waals surface area contributed by atoms with Gasteiger partial charge in [-0.05, 0) is 32.2 Å². The molecule has 1 aromatic rings. The lowest BCUT2D eigenvalue weighted by molar-refractivity contribution is 0.108. The standard InChI is InChI=1S/C13H20N4O/c1-3-10(8-14-5-1)17-13-7-11(15-9-16-13)12-4-2-6-18-12/h7,9-10,12,14H,1-6,8H2,(H,15,16,17). The molecule has 1 aromatic heterocycles. The zero-order chi connectivity index (χ0) is 12.2. The predicted octanol–water partition coefficient (Wildman–Crippen LogP) is 1.49. The van der Waals surface area contributed by atoms with Gasteiger partial charge in [-0.3, -0.25) is 0 Å². The maximum absolute atomic E-state index is 5.65. The van der Waals surface area contributed by atoms with E-state index in [4.69, 9.17) is 4.74 Å². The summed E-state index contributed by atoms with van der Waals surface area (Å²) in [5, 5.41) is 6.87. The molecule has 5 heteroatoms. The third-order valence-corrected chi connectivity index (χ3v) is 3.60. The summed E-state index contributed by atoms with van der Waals surface area (Å²) in [6, 6.07) is 2.51. The van der Waals surface area contributed by atoms with Gasteiger partial charge in [-0.2, -0.15) is 0 Å². The molecule has 3 rings (SSSR count). The first-order chi connectivity index (χ1) is 8.92. The Balaban J connectivity index is 1.66. The number of aromatic nitrogens is 2. The van der Waals surface area contributed by atoms with Crippen molar-refractivity contribution in [3.8, 4) is 0 Å². The highest BCUT2D eigenvalue weighted by atomic mass is 16.5. The van der Waals surface area contributed by atoms with Crippen molar-refractivity contribution < 1.29 is 4.74 Å². The van der Waals surface area contributed by atoms with Crippen LogP contribution in [0.25, 0.3) is 0 Å². The molecular weight excluding hydrogens is 228 g/mol. The van der Waals surface area contributed by atoms with Crippen LogP contribution in [0.2, 0.25) is 0 Å². The summed E-state index contributed by atoms with van der Waals surface area (Å²) in [7, 11) is 0. The summed E-state index contributed by atoms with van der Waals surface area (Å²) in [6.45, 7) is 2.99. The van der Waals surface area contributed by atoms with Gasteiger partial charge in [-0.25, -0.2) is 9.97 Å². The Morgan fingerprint density at radius 2 is 2.28 bits per heavy atom. The summed E-state index contributed by atoms with van der Waals surface area (Å²) in [4.78, 5) is 8.62. The molecule has 2 N–H and O–H groups in total. The fourth-order valence-corrected chi connectivity index (χ4v) is 2.62. The molecule has 2 aliphatic rings. The van der Waals surface area contributed by atoms with Crippen LogP contribution in [0.3, 0.4) is 0 Å². The number of nitrogens with one attached hydrogen (secondary N) is 2. The lowest BCUT2D eigenvalue weighted by Gasteiger charge is -2.24. The molecule has 2 saturated heterocycles. The summed E-state index contributed by atoms with van der Waals surface area (Å²) >= 11 is 0. The Morgan fingerprint density at radius 1 is 1.28 bits per heavy atom. The van der Waals surface area contributed by atoms with Crippen LogP contribution in [0.4, 0.5) is 5.82 Å². The van der Waals surface area contributed by atoms with Crippen molar-refractivity contribution in [2.45, 2.75) is 37.8 Å². The maximum atomic E-state index is 5.65. The van der Waals surface area contributed by atoms with E-state index in [9.17, 15) is 0 Å². The van der Waals surface area contributed by atoms with E-state index in [1.807, 2.05) is 6.07 Å². The molecule has 0 bridgehead atoms.